The molecule has 0 radical (unpaired) electrons. The lowest BCUT2D eigenvalue weighted by Gasteiger charge is -2.10. The van der Waals surface area contributed by atoms with Crippen LogP contribution in [0.5, 0.6) is 0 Å². The van der Waals surface area contributed by atoms with E-state index in [0.29, 0.717) is 6.54 Å². The summed E-state index contributed by atoms with van der Waals surface area (Å²) in [7, 11) is -3.82. The van der Waals surface area contributed by atoms with Gasteiger partial charge in [0.05, 0.1) is 11.0 Å². The summed E-state index contributed by atoms with van der Waals surface area (Å²) >= 11 is 0. The van der Waals surface area contributed by atoms with Crippen molar-refractivity contribution in [3.8, 4) is 11.5 Å². The number of nitrogens with zero attached hydrogens (tertiary/aromatic N) is 1. The first-order valence-electron chi connectivity index (χ1n) is 9.28. The molecule has 7 heteroatoms. The second-order valence-corrected chi connectivity index (χ2v) is 8.67. The minimum absolute atomic E-state index is 0.0410. The zero-order chi connectivity index (χ0) is 19.6. The van der Waals surface area contributed by atoms with Gasteiger partial charge in [-0.25, -0.2) is 8.42 Å². The van der Waals surface area contributed by atoms with Crippen LogP contribution in [0.2, 0.25) is 0 Å². The molecular formula is C21H22N2O4S. The van der Waals surface area contributed by atoms with E-state index in [9.17, 15) is 8.42 Å². The maximum absolute atomic E-state index is 13.2. The Kier molecular flexibility index (Phi) is 5.19. The van der Waals surface area contributed by atoms with Crippen LogP contribution in [0.25, 0.3) is 11.5 Å². The van der Waals surface area contributed by atoms with Gasteiger partial charge >= 0.3 is 0 Å². The van der Waals surface area contributed by atoms with Crippen LogP contribution in [0, 0.1) is 6.92 Å². The lowest BCUT2D eigenvalue weighted by molar-refractivity contribution is 0.120. The molecule has 0 unspecified atom stereocenters. The van der Waals surface area contributed by atoms with Gasteiger partial charge in [-0.3, -0.25) is 0 Å². The average molecular weight is 398 g/mol. The molecule has 2 heterocycles. The van der Waals surface area contributed by atoms with E-state index in [1.54, 1.807) is 30.3 Å². The molecule has 0 saturated carbocycles. The highest BCUT2D eigenvalue weighted by Gasteiger charge is 2.29. The Bertz CT molecular complexity index is 1060. The van der Waals surface area contributed by atoms with Gasteiger partial charge < -0.3 is 14.5 Å². The van der Waals surface area contributed by atoms with E-state index in [2.05, 4.69) is 10.3 Å². The molecule has 1 N–H and O–H groups in total. The molecule has 1 aliphatic heterocycles. The van der Waals surface area contributed by atoms with Gasteiger partial charge in [-0.2, -0.15) is 4.98 Å². The molecule has 0 amide bonds. The van der Waals surface area contributed by atoms with Crippen LogP contribution in [0.3, 0.4) is 0 Å². The first kappa shape index (κ1) is 18.7. The van der Waals surface area contributed by atoms with E-state index < -0.39 is 9.84 Å². The fraction of sp³-hybridized carbons (Fsp3) is 0.286. The molecule has 0 aliphatic carbocycles. The molecule has 3 aromatic rings. The number of sulfone groups is 1. The summed E-state index contributed by atoms with van der Waals surface area (Å²) in [5.74, 6) is 0.431. The van der Waals surface area contributed by atoms with Crippen LogP contribution < -0.4 is 5.32 Å². The Morgan fingerprint density at radius 1 is 1.11 bits per heavy atom. The highest BCUT2D eigenvalue weighted by atomic mass is 32.2. The van der Waals surface area contributed by atoms with E-state index in [1.807, 2.05) is 31.2 Å². The molecule has 0 bridgehead atoms. The van der Waals surface area contributed by atoms with Crippen molar-refractivity contribution in [1.82, 2.24) is 4.98 Å². The zero-order valence-electron chi connectivity index (χ0n) is 15.6. The highest BCUT2D eigenvalue weighted by Crippen LogP contribution is 2.33. The maximum Gasteiger partial charge on any atom is 0.233 e. The van der Waals surface area contributed by atoms with E-state index in [-0.39, 0.29) is 27.8 Å². The lowest BCUT2D eigenvalue weighted by Crippen LogP contribution is -2.19. The number of benzene rings is 2. The summed E-state index contributed by atoms with van der Waals surface area (Å²) in [5, 5.41) is 3.01. The number of hydrogen-bond acceptors (Lipinski definition) is 6. The number of aryl methyl sites for hydroxylation is 1. The van der Waals surface area contributed by atoms with Crippen LogP contribution in [-0.2, 0) is 14.6 Å². The monoisotopic (exact) mass is 398 g/mol. The first-order valence-corrected chi connectivity index (χ1v) is 10.8. The zero-order valence-corrected chi connectivity index (χ0v) is 16.4. The minimum atomic E-state index is -3.82. The number of aromatic nitrogens is 1. The molecule has 1 atom stereocenters. The van der Waals surface area contributed by atoms with Gasteiger partial charge in [0.2, 0.25) is 26.6 Å². The van der Waals surface area contributed by atoms with Gasteiger partial charge in [-0.1, -0.05) is 36.4 Å². The Balaban J connectivity index is 1.75. The Labute approximate surface area is 164 Å². The summed E-state index contributed by atoms with van der Waals surface area (Å²) in [6, 6.07) is 15.9. The third kappa shape index (κ3) is 3.68. The SMILES string of the molecule is Cc1ccccc1-c1nc(S(=O)(=O)c2ccccc2)c(NC[C@@H]2CCCO2)o1. The predicted molar refractivity (Wildman–Crippen MR) is 106 cm³/mol. The lowest BCUT2D eigenvalue weighted by atomic mass is 10.1. The van der Waals surface area contributed by atoms with E-state index in [1.165, 1.54) is 0 Å². The maximum atomic E-state index is 13.2. The molecule has 1 aliphatic rings. The first-order chi connectivity index (χ1) is 13.6. The second-order valence-electron chi connectivity index (χ2n) is 6.80. The van der Waals surface area contributed by atoms with Gasteiger partial charge in [-0.15, -0.1) is 0 Å². The molecule has 146 valence electrons. The van der Waals surface area contributed by atoms with Gasteiger partial charge in [-0.05, 0) is 43.5 Å². The van der Waals surface area contributed by atoms with Crippen LogP contribution in [0.4, 0.5) is 5.88 Å². The number of hydrogen-bond donors (Lipinski definition) is 1. The third-order valence-electron chi connectivity index (χ3n) is 4.79. The van der Waals surface area contributed by atoms with Crippen molar-refractivity contribution in [3.05, 3.63) is 60.2 Å². The number of rotatable bonds is 6. The largest absolute Gasteiger partial charge is 0.419 e. The van der Waals surface area contributed by atoms with Gasteiger partial charge in [0.25, 0.3) is 0 Å². The van der Waals surface area contributed by atoms with Crippen LogP contribution in [0.1, 0.15) is 18.4 Å². The fourth-order valence-corrected chi connectivity index (χ4v) is 4.55. The van der Waals surface area contributed by atoms with Crippen molar-refractivity contribution in [2.75, 3.05) is 18.5 Å². The van der Waals surface area contributed by atoms with E-state index in [0.717, 1.165) is 30.6 Å². The molecule has 1 aromatic heterocycles. The molecule has 6 nitrogen and oxygen atoms in total. The average Bonchev–Trinajstić information content (AvgIpc) is 3.37. The van der Waals surface area contributed by atoms with Gasteiger partial charge in [0, 0.05) is 18.7 Å². The van der Waals surface area contributed by atoms with Crippen molar-refractivity contribution in [1.29, 1.82) is 0 Å². The third-order valence-corrected chi connectivity index (χ3v) is 6.47. The van der Waals surface area contributed by atoms with E-state index >= 15 is 0 Å². The Morgan fingerprint density at radius 3 is 2.57 bits per heavy atom. The van der Waals surface area contributed by atoms with Crippen LogP contribution in [-0.4, -0.2) is 32.7 Å². The summed E-state index contributed by atoms with van der Waals surface area (Å²) in [6.07, 6.45) is 1.98. The van der Waals surface area contributed by atoms with Crippen molar-refractivity contribution in [3.63, 3.8) is 0 Å². The molecule has 1 fully saturated rings. The number of ether oxygens (including phenoxy) is 1. The number of nitrogens with one attached hydrogen (secondary N) is 1. The number of anilines is 1. The van der Waals surface area contributed by atoms with Crippen molar-refractivity contribution in [2.24, 2.45) is 0 Å². The molecule has 2 aromatic carbocycles. The quantitative estimate of drug-likeness (QED) is 0.674. The Morgan fingerprint density at radius 2 is 1.86 bits per heavy atom. The molecular weight excluding hydrogens is 376 g/mol. The van der Waals surface area contributed by atoms with Crippen LogP contribution >= 0.6 is 0 Å². The Hall–Kier alpha value is -2.64. The smallest absolute Gasteiger partial charge is 0.233 e. The van der Waals surface area contributed by atoms with Crippen LogP contribution in [0.15, 0.2) is 68.9 Å². The van der Waals surface area contributed by atoms with Crippen molar-refractivity contribution in [2.45, 2.75) is 35.8 Å². The second kappa shape index (κ2) is 7.77. The van der Waals surface area contributed by atoms with Crippen molar-refractivity contribution < 1.29 is 17.6 Å². The molecule has 28 heavy (non-hydrogen) atoms. The van der Waals surface area contributed by atoms with Crippen molar-refractivity contribution >= 4 is 15.7 Å². The van der Waals surface area contributed by atoms with Gasteiger partial charge in [0.1, 0.15) is 0 Å². The van der Waals surface area contributed by atoms with Gasteiger partial charge in [0.15, 0.2) is 0 Å². The highest BCUT2D eigenvalue weighted by molar-refractivity contribution is 7.91. The summed E-state index contributed by atoms with van der Waals surface area (Å²) < 4.78 is 37.9. The fourth-order valence-electron chi connectivity index (χ4n) is 3.25. The summed E-state index contributed by atoms with van der Waals surface area (Å²) in [5.41, 5.74) is 1.72. The minimum Gasteiger partial charge on any atom is -0.419 e. The number of oxazole rings is 1. The summed E-state index contributed by atoms with van der Waals surface area (Å²) in [4.78, 5) is 4.56. The van der Waals surface area contributed by atoms with E-state index in [4.69, 9.17) is 9.15 Å². The molecule has 0 spiro atoms. The molecule has 1 saturated heterocycles. The molecule has 4 rings (SSSR count). The predicted octanol–water partition coefficient (Wildman–Crippen LogP) is 4.07. The summed E-state index contributed by atoms with van der Waals surface area (Å²) in [6.45, 7) is 3.14. The normalized spacial score (nSPS) is 17.0. The topological polar surface area (TPSA) is 81.4 Å². The standard InChI is InChI=1S/C21H22N2O4S/c1-15-8-5-6-12-18(15)19-23-21(28(24,25)17-10-3-2-4-11-17)20(27-19)22-14-16-9-7-13-26-16/h2-6,8,10-12,16,22H,7,9,13-14H2,1H3/t16-/m0/s1.